The Bertz CT molecular complexity index is 536. The summed E-state index contributed by atoms with van der Waals surface area (Å²) < 4.78 is 5.43. The molecule has 0 fully saturated rings. The van der Waals surface area contributed by atoms with Gasteiger partial charge in [0.25, 0.3) is 0 Å². The molecule has 0 saturated heterocycles. The van der Waals surface area contributed by atoms with E-state index in [1.807, 2.05) is 6.26 Å². The summed E-state index contributed by atoms with van der Waals surface area (Å²) in [5, 5.41) is 12.0. The number of thioether (sulfide) groups is 1. The van der Waals surface area contributed by atoms with Crippen LogP contribution in [0.15, 0.2) is 18.2 Å². The topological polar surface area (TPSA) is 78.9 Å². The number of fused-ring (bicyclic) bond motifs is 1. The van der Waals surface area contributed by atoms with Gasteiger partial charge in [-0.25, -0.2) is 9.59 Å². The fourth-order valence-corrected chi connectivity index (χ4v) is 2.57. The van der Waals surface area contributed by atoms with Crippen LogP contribution in [0.1, 0.15) is 16.8 Å². The molecule has 2 N–H and O–H groups in total. The zero-order valence-corrected chi connectivity index (χ0v) is 12.6. The number of carboxylic acid groups (broad SMARTS) is 1. The standard InChI is InChI=1S/C14H18N2O4S/c1-21-9-3-6-15-14(19)16-7-8-20-12-10(13(17)18)4-2-5-11(12)16/h2,4-5H,3,6-9H2,1H3,(H,15,19)(H,17,18). The monoisotopic (exact) mass is 310 g/mol. The van der Waals surface area contributed by atoms with Crippen molar-refractivity contribution in [3.05, 3.63) is 23.8 Å². The minimum Gasteiger partial charge on any atom is -0.489 e. The van der Waals surface area contributed by atoms with E-state index in [1.54, 1.807) is 23.9 Å². The Morgan fingerprint density at radius 3 is 3.00 bits per heavy atom. The van der Waals surface area contributed by atoms with Crippen LogP contribution < -0.4 is 15.0 Å². The molecule has 0 spiro atoms. The van der Waals surface area contributed by atoms with Crippen molar-refractivity contribution in [2.45, 2.75) is 6.42 Å². The second kappa shape index (κ2) is 7.21. The number of nitrogens with zero attached hydrogens (tertiary/aromatic N) is 1. The van der Waals surface area contributed by atoms with Crippen LogP contribution in [0.4, 0.5) is 10.5 Å². The molecule has 0 bridgehead atoms. The van der Waals surface area contributed by atoms with E-state index in [0.717, 1.165) is 12.2 Å². The van der Waals surface area contributed by atoms with Crippen molar-refractivity contribution in [3.63, 3.8) is 0 Å². The fraction of sp³-hybridized carbons (Fsp3) is 0.429. The molecule has 0 atom stereocenters. The van der Waals surface area contributed by atoms with Gasteiger partial charge < -0.3 is 15.2 Å². The molecule has 0 aliphatic carbocycles. The summed E-state index contributed by atoms with van der Waals surface area (Å²) in [4.78, 5) is 24.9. The number of carboxylic acids is 1. The molecular weight excluding hydrogens is 292 g/mol. The normalized spacial score (nSPS) is 13.3. The van der Waals surface area contributed by atoms with Crippen LogP contribution in [-0.4, -0.2) is 48.8 Å². The molecule has 1 heterocycles. The zero-order valence-electron chi connectivity index (χ0n) is 11.8. The van der Waals surface area contributed by atoms with Gasteiger partial charge in [0.2, 0.25) is 0 Å². The van der Waals surface area contributed by atoms with Crippen molar-refractivity contribution >= 4 is 29.4 Å². The molecule has 1 aliphatic heterocycles. The number of ether oxygens (including phenoxy) is 1. The molecule has 0 radical (unpaired) electrons. The van der Waals surface area contributed by atoms with E-state index in [2.05, 4.69) is 5.32 Å². The largest absolute Gasteiger partial charge is 0.489 e. The quantitative estimate of drug-likeness (QED) is 0.814. The Balaban J connectivity index is 2.13. The lowest BCUT2D eigenvalue weighted by molar-refractivity contribution is 0.0692. The van der Waals surface area contributed by atoms with Crippen molar-refractivity contribution in [2.75, 3.05) is 36.6 Å². The van der Waals surface area contributed by atoms with Crippen LogP contribution in [0.2, 0.25) is 0 Å². The third kappa shape index (κ3) is 3.60. The molecule has 1 aromatic rings. The highest BCUT2D eigenvalue weighted by molar-refractivity contribution is 7.98. The number of carbonyl (C=O) groups is 2. The van der Waals surface area contributed by atoms with E-state index in [9.17, 15) is 9.59 Å². The van der Waals surface area contributed by atoms with Gasteiger partial charge >= 0.3 is 12.0 Å². The number of amides is 2. The Kier molecular flexibility index (Phi) is 5.32. The van der Waals surface area contributed by atoms with Gasteiger partial charge in [-0.3, -0.25) is 4.90 Å². The Morgan fingerprint density at radius 2 is 2.29 bits per heavy atom. The summed E-state index contributed by atoms with van der Waals surface area (Å²) in [5.41, 5.74) is 0.580. The van der Waals surface area contributed by atoms with Gasteiger partial charge in [-0.05, 0) is 30.6 Å². The highest BCUT2D eigenvalue weighted by Crippen LogP contribution is 2.34. The molecule has 0 saturated carbocycles. The van der Waals surface area contributed by atoms with Gasteiger partial charge in [-0.1, -0.05) is 6.07 Å². The second-order valence-electron chi connectivity index (χ2n) is 4.54. The summed E-state index contributed by atoms with van der Waals surface area (Å²) in [6.07, 6.45) is 2.92. The average Bonchev–Trinajstić information content (AvgIpc) is 2.50. The van der Waals surface area contributed by atoms with E-state index in [-0.39, 0.29) is 24.0 Å². The average molecular weight is 310 g/mol. The van der Waals surface area contributed by atoms with E-state index in [4.69, 9.17) is 9.84 Å². The molecule has 2 rings (SSSR count). The molecule has 1 aromatic carbocycles. The maximum atomic E-state index is 12.2. The summed E-state index contributed by atoms with van der Waals surface area (Å²) in [6.45, 7) is 1.30. The number of urea groups is 1. The molecule has 114 valence electrons. The molecule has 7 heteroatoms. The number of carbonyl (C=O) groups excluding carboxylic acids is 1. The molecule has 6 nitrogen and oxygen atoms in total. The van der Waals surface area contributed by atoms with Gasteiger partial charge in [0, 0.05) is 6.54 Å². The number of para-hydroxylation sites is 1. The van der Waals surface area contributed by atoms with E-state index in [0.29, 0.717) is 18.8 Å². The number of aromatic carboxylic acids is 1. The van der Waals surface area contributed by atoms with E-state index in [1.165, 1.54) is 11.0 Å². The lowest BCUT2D eigenvalue weighted by Crippen LogP contribution is -2.45. The number of hydrogen-bond donors (Lipinski definition) is 2. The van der Waals surface area contributed by atoms with Crippen LogP contribution in [-0.2, 0) is 0 Å². The zero-order chi connectivity index (χ0) is 15.2. The third-order valence-corrected chi connectivity index (χ3v) is 3.82. The van der Waals surface area contributed by atoms with Gasteiger partial charge in [0.05, 0.1) is 12.2 Å². The highest BCUT2D eigenvalue weighted by Gasteiger charge is 2.27. The Morgan fingerprint density at radius 1 is 1.48 bits per heavy atom. The van der Waals surface area contributed by atoms with Gasteiger partial charge in [0.1, 0.15) is 12.2 Å². The van der Waals surface area contributed by atoms with Crippen LogP contribution in [0.5, 0.6) is 5.75 Å². The highest BCUT2D eigenvalue weighted by atomic mass is 32.2. The predicted octanol–water partition coefficient (Wildman–Crippen LogP) is 2.05. The first-order chi connectivity index (χ1) is 10.1. The Labute approximate surface area is 127 Å². The van der Waals surface area contributed by atoms with Gasteiger partial charge in [-0.15, -0.1) is 0 Å². The SMILES string of the molecule is CSCCCNC(=O)N1CCOc2c(C(=O)O)cccc21. The van der Waals surface area contributed by atoms with E-state index >= 15 is 0 Å². The lowest BCUT2D eigenvalue weighted by Gasteiger charge is -2.30. The first-order valence-electron chi connectivity index (χ1n) is 6.68. The summed E-state index contributed by atoms with van der Waals surface area (Å²) in [7, 11) is 0. The fourth-order valence-electron chi connectivity index (χ4n) is 2.14. The van der Waals surface area contributed by atoms with Crippen LogP contribution in [0, 0.1) is 0 Å². The van der Waals surface area contributed by atoms with E-state index < -0.39 is 5.97 Å². The first kappa shape index (κ1) is 15.5. The number of anilines is 1. The first-order valence-corrected chi connectivity index (χ1v) is 8.08. The minimum absolute atomic E-state index is 0.0763. The van der Waals surface area contributed by atoms with Crippen molar-refractivity contribution in [1.29, 1.82) is 0 Å². The van der Waals surface area contributed by atoms with Gasteiger partial charge in [-0.2, -0.15) is 11.8 Å². The minimum atomic E-state index is -1.06. The summed E-state index contributed by atoms with van der Waals surface area (Å²) in [6, 6.07) is 4.57. The maximum absolute atomic E-state index is 12.2. The van der Waals surface area contributed by atoms with Crippen molar-refractivity contribution in [2.24, 2.45) is 0 Å². The maximum Gasteiger partial charge on any atom is 0.339 e. The van der Waals surface area contributed by atoms with Crippen LogP contribution in [0.3, 0.4) is 0 Å². The summed E-state index contributed by atoms with van der Waals surface area (Å²) >= 11 is 1.73. The second-order valence-corrected chi connectivity index (χ2v) is 5.52. The molecule has 1 aliphatic rings. The smallest absolute Gasteiger partial charge is 0.339 e. The van der Waals surface area contributed by atoms with Crippen LogP contribution >= 0.6 is 11.8 Å². The number of benzene rings is 1. The molecule has 0 unspecified atom stereocenters. The molecular formula is C14H18N2O4S. The van der Waals surface area contributed by atoms with Crippen molar-refractivity contribution < 1.29 is 19.4 Å². The van der Waals surface area contributed by atoms with Gasteiger partial charge in [0.15, 0.2) is 5.75 Å². The third-order valence-electron chi connectivity index (χ3n) is 3.12. The Hall–Kier alpha value is -1.89. The van der Waals surface area contributed by atoms with Crippen molar-refractivity contribution in [3.8, 4) is 5.75 Å². The molecule has 2 amide bonds. The van der Waals surface area contributed by atoms with Crippen molar-refractivity contribution in [1.82, 2.24) is 5.32 Å². The number of hydrogen-bond acceptors (Lipinski definition) is 4. The molecule has 0 aromatic heterocycles. The summed E-state index contributed by atoms with van der Waals surface area (Å²) in [5.74, 6) is 0.188. The number of rotatable bonds is 5. The molecule has 21 heavy (non-hydrogen) atoms. The predicted molar refractivity (Wildman–Crippen MR) is 82.6 cm³/mol. The number of nitrogens with one attached hydrogen (secondary N) is 1. The lowest BCUT2D eigenvalue weighted by atomic mass is 10.1. The van der Waals surface area contributed by atoms with Crippen LogP contribution in [0.25, 0.3) is 0 Å².